The van der Waals surface area contributed by atoms with Crippen molar-refractivity contribution in [2.45, 2.75) is 12.5 Å². The zero-order valence-electron chi connectivity index (χ0n) is 15.1. The van der Waals surface area contributed by atoms with Gasteiger partial charge in [0, 0.05) is 22.8 Å². The Balaban J connectivity index is 2.13. The molecule has 0 radical (unpaired) electrons. The van der Waals surface area contributed by atoms with Crippen LogP contribution < -0.4 is 0 Å². The number of nitrogens with zero attached hydrogens (tertiary/aromatic N) is 1. The van der Waals surface area contributed by atoms with Gasteiger partial charge in [0.15, 0.2) is 0 Å². The summed E-state index contributed by atoms with van der Waals surface area (Å²) >= 11 is 1.51. The van der Waals surface area contributed by atoms with Crippen LogP contribution in [0.25, 0.3) is 0 Å². The highest BCUT2D eigenvalue weighted by Crippen LogP contribution is 2.39. The third-order valence-electron chi connectivity index (χ3n) is 4.26. The minimum atomic E-state index is -1.16. The number of ether oxygens (including phenoxy) is 2. The van der Waals surface area contributed by atoms with E-state index in [9.17, 15) is 18.4 Å². The average molecular weight is 405 g/mol. The topological polar surface area (TPSA) is 55.8 Å². The van der Waals surface area contributed by atoms with Gasteiger partial charge in [-0.05, 0) is 29.6 Å². The van der Waals surface area contributed by atoms with Crippen molar-refractivity contribution in [3.05, 3.63) is 81.3 Å². The van der Waals surface area contributed by atoms with Crippen molar-refractivity contribution in [1.82, 2.24) is 4.90 Å². The van der Waals surface area contributed by atoms with E-state index in [0.717, 1.165) is 23.1 Å². The van der Waals surface area contributed by atoms with Gasteiger partial charge in [0.25, 0.3) is 0 Å². The summed E-state index contributed by atoms with van der Waals surface area (Å²) < 4.78 is 38.0. The van der Waals surface area contributed by atoms with Crippen LogP contribution in [0.1, 0.15) is 16.4 Å². The molecule has 0 saturated carbocycles. The number of esters is 2. The van der Waals surface area contributed by atoms with Crippen molar-refractivity contribution in [3.8, 4) is 0 Å². The molecule has 2 heterocycles. The summed E-state index contributed by atoms with van der Waals surface area (Å²) in [7, 11) is 2.36. The standard InChI is InChI=1S/C20H17F2NO4S/c1-26-19(24)15-10-23(9-13-4-3-7-28-13)11-16(20(25)27-2)18(15)14-8-12(21)5-6-17(14)22/h3-8,10-11,18H,9H2,1-2H3. The molecule has 5 nitrogen and oxygen atoms in total. The second kappa shape index (κ2) is 8.35. The molecule has 8 heteroatoms. The number of benzene rings is 1. The van der Waals surface area contributed by atoms with Crippen LogP contribution in [0.2, 0.25) is 0 Å². The van der Waals surface area contributed by atoms with Gasteiger partial charge in [0.05, 0.1) is 37.8 Å². The van der Waals surface area contributed by atoms with Gasteiger partial charge in [-0.2, -0.15) is 0 Å². The maximum absolute atomic E-state index is 14.5. The van der Waals surface area contributed by atoms with E-state index in [-0.39, 0.29) is 16.7 Å². The summed E-state index contributed by atoms with van der Waals surface area (Å²) in [6.45, 7) is 0.386. The number of methoxy groups -OCH3 is 2. The molecule has 146 valence electrons. The number of rotatable bonds is 5. The number of carbonyl (C=O) groups excluding carboxylic acids is 2. The van der Waals surface area contributed by atoms with Gasteiger partial charge in [-0.25, -0.2) is 18.4 Å². The summed E-state index contributed by atoms with van der Waals surface area (Å²) in [5.41, 5.74) is -0.137. The Hall–Kier alpha value is -3.00. The van der Waals surface area contributed by atoms with Crippen LogP contribution in [-0.4, -0.2) is 31.1 Å². The first kappa shape index (κ1) is 19.8. The highest BCUT2D eigenvalue weighted by atomic mass is 32.1. The summed E-state index contributed by atoms with van der Waals surface area (Å²) in [6.07, 6.45) is 2.96. The fourth-order valence-electron chi connectivity index (χ4n) is 3.03. The molecule has 0 spiro atoms. The molecule has 0 amide bonds. The molecule has 3 rings (SSSR count). The van der Waals surface area contributed by atoms with Crippen LogP contribution in [0.4, 0.5) is 8.78 Å². The first-order chi connectivity index (χ1) is 13.4. The summed E-state index contributed by atoms with van der Waals surface area (Å²) in [5, 5.41) is 1.90. The molecular weight excluding hydrogens is 388 g/mol. The molecule has 0 atom stereocenters. The fraction of sp³-hybridized carbons (Fsp3) is 0.200. The molecule has 0 fully saturated rings. The maximum atomic E-state index is 14.5. The quantitative estimate of drug-likeness (QED) is 0.710. The number of hydrogen-bond donors (Lipinski definition) is 0. The highest BCUT2D eigenvalue weighted by Gasteiger charge is 2.37. The van der Waals surface area contributed by atoms with Crippen molar-refractivity contribution in [2.75, 3.05) is 14.2 Å². The predicted molar refractivity (Wildman–Crippen MR) is 99.2 cm³/mol. The molecule has 0 N–H and O–H groups in total. The first-order valence-corrected chi connectivity index (χ1v) is 9.15. The third kappa shape index (κ3) is 3.96. The van der Waals surface area contributed by atoms with Crippen LogP contribution in [0.15, 0.2) is 59.3 Å². The van der Waals surface area contributed by atoms with Gasteiger partial charge in [-0.3, -0.25) is 0 Å². The Labute approximate surface area is 164 Å². The molecule has 1 aromatic heterocycles. The van der Waals surface area contributed by atoms with Gasteiger partial charge < -0.3 is 14.4 Å². The van der Waals surface area contributed by atoms with E-state index >= 15 is 0 Å². The summed E-state index contributed by atoms with van der Waals surface area (Å²) in [4.78, 5) is 27.5. The molecule has 28 heavy (non-hydrogen) atoms. The van der Waals surface area contributed by atoms with Crippen LogP contribution in [0.3, 0.4) is 0 Å². The van der Waals surface area contributed by atoms with Crippen LogP contribution in [0, 0.1) is 11.6 Å². The molecule has 1 aliphatic heterocycles. The first-order valence-electron chi connectivity index (χ1n) is 8.27. The zero-order valence-corrected chi connectivity index (χ0v) is 16.0. The lowest BCUT2D eigenvalue weighted by Crippen LogP contribution is -2.29. The Morgan fingerprint density at radius 1 is 1.07 bits per heavy atom. The monoisotopic (exact) mass is 405 g/mol. The van der Waals surface area contributed by atoms with Gasteiger partial charge >= 0.3 is 11.9 Å². The fourth-order valence-corrected chi connectivity index (χ4v) is 3.75. The number of hydrogen-bond acceptors (Lipinski definition) is 6. The van der Waals surface area contributed by atoms with E-state index < -0.39 is 29.5 Å². The van der Waals surface area contributed by atoms with E-state index in [0.29, 0.717) is 6.54 Å². The maximum Gasteiger partial charge on any atom is 0.336 e. The van der Waals surface area contributed by atoms with Crippen molar-refractivity contribution in [3.63, 3.8) is 0 Å². The minimum absolute atomic E-state index is 0.00598. The van der Waals surface area contributed by atoms with Crippen molar-refractivity contribution in [2.24, 2.45) is 0 Å². The molecule has 0 saturated heterocycles. The summed E-state index contributed by atoms with van der Waals surface area (Å²) in [6, 6.07) is 6.66. The lowest BCUT2D eigenvalue weighted by atomic mass is 9.83. The van der Waals surface area contributed by atoms with E-state index in [1.807, 2.05) is 17.5 Å². The molecule has 2 aromatic rings. The van der Waals surface area contributed by atoms with Gasteiger partial charge in [-0.15, -0.1) is 11.3 Å². The third-order valence-corrected chi connectivity index (χ3v) is 5.12. The van der Waals surface area contributed by atoms with E-state index in [1.54, 1.807) is 4.90 Å². The number of thiophene rings is 1. The lowest BCUT2D eigenvalue weighted by molar-refractivity contribution is -0.137. The van der Waals surface area contributed by atoms with E-state index in [1.165, 1.54) is 38.0 Å². The normalized spacial score (nSPS) is 14.4. The average Bonchev–Trinajstić information content (AvgIpc) is 3.21. The van der Waals surface area contributed by atoms with Crippen molar-refractivity contribution < 1.29 is 27.8 Å². The smallest absolute Gasteiger partial charge is 0.336 e. The summed E-state index contributed by atoms with van der Waals surface area (Å²) in [5.74, 6) is -4.09. The SMILES string of the molecule is COC(=O)C1=CN(Cc2cccs2)C=C(C(=O)OC)C1c1cc(F)ccc1F. The van der Waals surface area contributed by atoms with E-state index in [4.69, 9.17) is 9.47 Å². The van der Waals surface area contributed by atoms with Gasteiger partial charge in [-0.1, -0.05) is 6.07 Å². The second-order valence-electron chi connectivity index (χ2n) is 6.00. The van der Waals surface area contributed by atoms with Gasteiger partial charge in [0.2, 0.25) is 0 Å². The minimum Gasteiger partial charge on any atom is -0.466 e. The molecule has 1 aliphatic rings. The molecule has 0 unspecified atom stereocenters. The Bertz CT molecular complexity index is 919. The van der Waals surface area contributed by atoms with Crippen LogP contribution in [0.5, 0.6) is 0 Å². The van der Waals surface area contributed by atoms with Crippen molar-refractivity contribution >= 4 is 23.3 Å². The van der Waals surface area contributed by atoms with E-state index in [2.05, 4.69) is 0 Å². The number of carbonyl (C=O) groups is 2. The molecule has 0 bridgehead atoms. The molecule has 0 aliphatic carbocycles. The molecular formula is C20H17F2NO4S. The van der Waals surface area contributed by atoms with Gasteiger partial charge in [0.1, 0.15) is 11.6 Å². The number of halogens is 2. The van der Waals surface area contributed by atoms with Crippen LogP contribution in [-0.2, 0) is 25.6 Å². The Kier molecular flexibility index (Phi) is 5.89. The largest absolute Gasteiger partial charge is 0.466 e. The van der Waals surface area contributed by atoms with Crippen LogP contribution >= 0.6 is 11.3 Å². The Morgan fingerprint density at radius 3 is 2.25 bits per heavy atom. The lowest BCUT2D eigenvalue weighted by Gasteiger charge is -2.30. The predicted octanol–water partition coefficient (Wildman–Crippen LogP) is 3.74. The zero-order chi connectivity index (χ0) is 20.3. The molecule has 1 aromatic carbocycles. The second-order valence-corrected chi connectivity index (χ2v) is 7.03. The van der Waals surface area contributed by atoms with Crippen molar-refractivity contribution in [1.29, 1.82) is 0 Å². The Morgan fingerprint density at radius 2 is 1.71 bits per heavy atom. The highest BCUT2D eigenvalue weighted by molar-refractivity contribution is 7.09.